The Kier molecular flexibility index (Phi) is 5.54. The van der Waals surface area contributed by atoms with Crippen LogP contribution in [0, 0.1) is 0 Å². The Morgan fingerprint density at radius 1 is 1.12 bits per heavy atom. The van der Waals surface area contributed by atoms with Crippen molar-refractivity contribution in [2.45, 2.75) is 13.3 Å². The standard InChI is InChI=1S/C21H18ClNO3/c1-3-20(24)26-19-6-4-5-14-7-10-17(23-21(14)19)11-8-15-13-16(22)9-12-18(15)25-2/h4-13H,3H2,1-2H3. The zero-order valence-corrected chi connectivity index (χ0v) is 15.3. The normalized spacial score (nSPS) is 11.0. The molecule has 0 atom stereocenters. The fourth-order valence-electron chi connectivity index (χ4n) is 2.52. The Morgan fingerprint density at radius 3 is 2.73 bits per heavy atom. The molecule has 0 amide bonds. The van der Waals surface area contributed by atoms with Crippen molar-refractivity contribution < 1.29 is 14.3 Å². The maximum atomic E-state index is 11.6. The van der Waals surface area contributed by atoms with Gasteiger partial charge in [0.15, 0.2) is 5.75 Å². The minimum Gasteiger partial charge on any atom is -0.496 e. The van der Waals surface area contributed by atoms with E-state index in [9.17, 15) is 4.79 Å². The van der Waals surface area contributed by atoms with Crippen LogP contribution in [-0.2, 0) is 4.79 Å². The maximum Gasteiger partial charge on any atom is 0.310 e. The van der Waals surface area contributed by atoms with Crippen molar-refractivity contribution in [1.29, 1.82) is 0 Å². The van der Waals surface area contributed by atoms with Crippen molar-refractivity contribution in [2.24, 2.45) is 0 Å². The number of aromatic nitrogens is 1. The number of nitrogens with zero attached hydrogens (tertiary/aromatic N) is 1. The number of rotatable bonds is 5. The highest BCUT2D eigenvalue weighted by Crippen LogP contribution is 2.27. The van der Waals surface area contributed by atoms with Crippen LogP contribution < -0.4 is 9.47 Å². The molecule has 132 valence electrons. The van der Waals surface area contributed by atoms with Crippen LogP contribution in [0.15, 0.2) is 48.5 Å². The predicted molar refractivity (Wildman–Crippen MR) is 105 cm³/mol. The molecule has 1 heterocycles. The molecule has 0 aliphatic rings. The maximum absolute atomic E-state index is 11.6. The third kappa shape index (κ3) is 4.03. The van der Waals surface area contributed by atoms with E-state index in [4.69, 9.17) is 21.1 Å². The van der Waals surface area contributed by atoms with E-state index in [-0.39, 0.29) is 5.97 Å². The Bertz CT molecular complexity index is 982. The summed E-state index contributed by atoms with van der Waals surface area (Å²) in [5.41, 5.74) is 2.24. The van der Waals surface area contributed by atoms with E-state index >= 15 is 0 Å². The number of hydrogen-bond acceptors (Lipinski definition) is 4. The lowest BCUT2D eigenvalue weighted by Gasteiger charge is -2.07. The van der Waals surface area contributed by atoms with Gasteiger partial charge in [-0.25, -0.2) is 4.98 Å². The molecule has 4 nitrogen and oxygen atoms in total. The number of hydrogen-bond donors (Lipinski definition) is 0. The largest absolute Gasteiger partial charge is 0.496 e. The van der Waals surface area contributed by atoms with Gasteiger partial charge in [0.25, 0.3) is 0 Å². The lowest BCUT2D eigenvalue weighted by Crippen LogP contribution is -2.06. The monoisotopic (exact) mass is 367 g/mol. The second-order valence-electron chi connectivity index (χ2n) is 5.61. The summed E-state index contributed by atoms with van der Waals surface area (Å²) < 4.78 is 10.7. The van der Waals surface area contributed by atoms with Gasteiger partial charge in [-0.15, -0.1) is 0 Å². The van der Waals surface area contributed by atoms with Gasteiger partial charge >= 0.3 is 5.97 Å². The number of ether oxygens (including phenoxy) is 2. The second kappa shape index (κ2) is 8.02. The fraction of sp³-hybridized carbons (Fsp3) is 0.143. The molecule has 0 N–H and O–H groups in total. The summed E-state index contributed by atoms with van der Waals surface area (Å²) in [6.45, 7) is 1.76. The number of carbonyl (C=O) groups is 1. The molecule has 0 fully saturated rings. The minimum atomic E-state index is -0.288. The number of para-hydroxylation sites is 1. The van der Waals surface area contributed by atoms with Crippen LogP contribution in [0.25, 0.3) is 23.1 Å². The minimum absolute atomic E-state index is 0.288. The van der Waals surface area contributed by atoms with Crippen LogP contribution in [0.1, 0.15) is 24.6 Å². The van der Waals surface area contributed by atoms with E-state index in [0.29, 0.717) is 22.7 Å². The van der Waals surface area contributed by atoms with Gasteiger partial charge in [0.05, 0.1) is 12.8 Å². The summed E-state index contributed by atoms with van der Waals surface area (Å²) in [5, 5.41) is 1.54. The van der Waals surface area contributed by atoms with Crippen LogP contribution in [0.3, 0.4) is 0 Å². The Morgan fingerprint density at radius 2 is 1.96 bits per heavy atom. The number of methoxy groups -OCH3 is 1. The highest BCUT2D eigenvalue weighted by Gasteiger charge is 2.08. The van der Waals surface area contributed by atoms with E-state index in [1.807, 2.05) is 48.6 Å². The third-order valence-electron chi connectivity index (χ3n) is 3.84. The number of halogens is 1. The molecule has 0 spiro atoms. The van der Waals surface area contributed by atoms with E-state index in [1.165, 1.54) is 0 Å². The first-order chi connectivity index (χ1) is 12.6. The topological polar surface area (TPSA) is 48.4 Å². The molecule has 0 bridgehead atoms. The molecule has 0 aliphatic heterocycles. The van der Waals surface area contributed by atoms with Gasteiger partial charge in [0.1, 0.15) is 11.3 Å². The molecule has 0 saturated carbocycles. The Hall–Kier alpha value is -2.85. The van der Waals surface area contributed by atoms with E-state index in [0.717, 1.165) is 22.4 Å². The summed E-state index contributed by atoms with van der Waals surface area (Å²) >= 11 is 6.06. The number of pyridine rings is 1. The SMILES string of the molecule is CCC(=O)Oc1cccc2ccc(C=Cc3cc(Cl)ccc3OC)nc12. The molecule has 5 heteroatoms. The summed E-state index contributed by atoms with van der Waals surface area (Å²) in [4.78, 5) is 16.3. The Balaban J connectivity index is 1.97. The van der Waals surface area contributed by atoms with Gasteiger partial charge < -0.3 is 9.47 Å². The smallest absolute Gasteiger partial charge is 0.310 e. The Labute approximate surface area is 157 Å². The molecule has 0 unspecified atom stereocenters. The molecule has 2 aromatic carbocycles. The average Bonchev–Trinajstić information content (AvgIpc) is 2.66. The van der Waals surface area contributed by atoms with Crippen molar-refractivity contribution >= 4 is 40.6 Å². The molecule has 0 saturated heterocycles. The summed E-state index contributed by atoms with van der Waals surface area (Å²) in [5.74, 6) is 0.901. The first-order valence-electron chi connectivity index (χ1n) is 8.23. The van der Waals surface area contributed by atoms with Crippen LogP contribution in [0.4, 0.5) is 0 Å². The zero-order chi connectivity index (χ0) is 18.5. The van der Waals surface area contributed by atoms with Gasteiger partial charge in [-0.3, -0.25) is 4.79 Å². The molecule has 3 aromatic rings. The lowest BCUT2D eigenvalue weighted by molar-refractivity contribution is -0.133. The third-order valence-corrected chi connectivity index (χ3v) is 4.08. The highest BCUT2D eigenvalue weighted by atomic mass is 35.5. The molecule has 3 rings (SSSR count). The molecular formula is C21H18ClNO3. The molecule has 0 radical (unpaired) electrons. The van der Waals surface area contributed by atoms with Crippen LogP contribution in [0.5, 0.6) is 11.5 Å². The van der Waals surface area contributed by atoms with Gasteiger partial charge in [-0.2, -0.15) is 0 Å². The van der Waals surface area contributed by atoms with Crippen molar-refractivity contribution in [3.63, 3.8) is 0 Å². The lowest BCUT2D eigenvalue weighted by atomic mass is 10.1. The molecule has 26 heavy (non-hydrogen) atoms. The van der Waals surface area contributed by atoms with Gasteiger partial charge in [0.2, 0.25) is 0 Å². The number of benzene rings is 2. The summed E-state index contributed by atoms with van der Waals surface area (Å²) in [7, 11) is 1.61. The van der Waals surface area contributed by atoms with Crippen LogP contribution in [-0.4, -0.2) is 18.1 Å². The predicted octanol–water partition coefficient (Wildman–Crippen LogP) is 5.38. The summed E-state index contributed by atoms with van der Waals surface area (Å²) in [6, 6.07) is 14.8. The van der Waals surface area contributed by atoms with E-state index in [2.05, 4.69) is 4.98 Å². The van der Waals surface area contributed by atoms with Crippen LogP contribution in [0.2, 0.25) is 5.02 Å². The first-order valence-corrected chi connectivity index (χ1v) is 8.60. The molecule has 0 aliphatic carbocycles. The van der Waals surface area contributed by atoms with E-state index in [1.54, 1.807) is 26.2 Å². The van der Waals surface area contributed by atoms with Crippen molar-refractivity contribution in [3.05, 3.63) is 64.8 Å². The fourth-order valence-corrected chi connectivity index (χ4v) is 2.70. The number of esters is 1. The van der Waals surface area contributed by atoms with Crippen LogP contribution >= 0.6 is 11.6 Å². The van der Waals surface area contributed by atoms with Gasteiger partial charge in [-0.05, 0) is 42.5 Å². The second-order valence-corrected chi connectivity index (χ2v) is 6.05. The summed E-state index contributed by atoms with van der Waals surface area (Å²) in [6.07, 6.45) is 4.07. The van der Waals surface area contributed by atoms with Gasteiger partial charge in [0, 0.05) is 22.4 Å². The first kappa shape index (κ1) is 18.0. The van der Waals surface area contributed by atoms with Crippen molar-refractivity contribution in [1.82, 2.24) is 4.98 Å². The average molecular weight is 368 g/mol. The number of carbonyl (C=O) groups excluding carboxylic acids is 1. The molecular weight excluding hydrogens is 350 g/mol. The van der Waals surface area contributed by atoms with E-state index < -0.39 is 0 Å². The molecule has 1 aromatic heterocycles. The van der Waals surface area contributed by atoms with Crippen molar-refractivity contribution in [2.75, 3.05) is 7.11 Å². The zero-order valence-electron chi connectivity index (χ0n) is 14.5. The number of fused-ring (bicyclic) bond motifs is 1. The quantitative estimate of drug-likeness (QED) is 0.448. The van der Waals surface area contributed by atoms with Crippen molar-refractivity contribution in [3.8, 4) is 11.5 Å². The van der Waals surface area contributed by atoms with Gasteiger partial charge in [-0.1, -0.05) is 36.7 Å². The highest BCUT2D eigenvalue weighted by molar-refractivity contribution is 6.30.